The molecule has 2 aromatic carbocycles. The number of nitrogens with zero attached hydrogens (tertiary/aromatic N) is 1. The van der Waals surface area contributed by atoms with E-state index in [2.05, 4.69) is 15.0 Å². The monoisotopic (exact) mass is 376 g/mol. The summed E-state index contributed by atoms with van der Waals surface area (Å²) in [5, 5.41) is 2.41. The molecule has 3 rings (SSSR count). The van der Waals surface area contributed by atoms with Crippen LogP contribution < -0.4 is 10.1 Å². The van der Waals surface area contributed by atoms with E-state index in [1.54, 1.807) is 6.92 Å². The zero-order chi connectivity index (χ0) is 19.4. The second kappa shape index (κ2) is 7.53. The van der Waals surface area contributed by atoms with E-state index in [1.807, 2.05) is 30.3 Å². The molecule has 0 unspecified atom stereocenters. The van der Waals surface area contributed by atoms with E-state index in [4.69, 9.17) is 4.42 Å². The van der Waals surface area contributed by atoms with Crippen molar-refractivity contribution in [3.8, 4) is 17.2 Å². The Hall–Kier alpha value is -3.29. The highest BCUT2D eigenvalue weighted by Crippen LogP contribution is 2.30. The van der Waals surface area contributed by atoms with E-state index in [0.29, 0.717) is 17.3 Å². The van der Waals surface area contributed by atoms with Crippen LogP contribution in [0.5, 0.6) is 5.75 Å². The first-order valence-corrected chi connectivity index (χ1v) is 7.98. The maximum absolute atomic E-state index is 12.5. The Labute approximate surface area is 152 Å². The van der Waals surface area contributed by atoms with Crippen molar-refractivity contribution in [2.75, 3.05) is 5.32 Å². The molecule has 0 aliphatic rings. The molecule has 140 valence electrons. The fourth-order valence-electron chi connectivity index (χ4n) is 2.43. The number of carbonyl (C=O) groups excluding carboxylic acids is 1. The molecule has 27 heavy (non-hydrogen) atoms. The minimum absolute atomic E-state index is 0.0794. The second-order valence-electron chi connectivity index (χ2n) is 5.66. The lowest BCUT2D eigenvalue weighted by Crippen LogP contribution is -2.20. The number of ether oxygens (including phenoxy) is 1. The molecule has 0 bridgehead atoms. The summed E-state index contributed by atoms with van der Waals surface area (Å²) in [7, 11) is 0. The Bertz CT molecular complexity index is 937. The summed E-state index contributed by atoms with van der Waals surface area (Å²) in [6.07, 6.45) is -5.00. The molecule has 3 aromatic rings. The fourth-order valence-corrected chi connectivity index (χ4v) is 2.43. The predicted molar refractivity (Wildman–Crippen MR) is 92.1 cm³/mol. The van der Waals surface area contributed by atoms with E-state index in [9.17, 15) is 18.0 Å². The van der Waals surface area contributed by atoms with E-state index in [0.717, 1.165) is 11.6 Å². The lowest BCUT2D eigenvalue weighted by molar-refractivity contribution is -0.274. The number of benzene rings is 2. The molecule has 8 heteroatoms. The first-order chi connectivity index (χ1) is 12.8. The SMILES string of the molecule is Cc1oc(-c2ccccc2)nc1CC(=O)Nc1ccccc1OC(F)(F)F. The number of carbonyl (C=O) groups is 1. The number of nitrogens with one attached hydrogen (secondary N) is 1. The number of aryl methyl sites for hydroxylation is 1. The maximum atomic E-state index is 12.5. The topological polar surface area (TPSA) is 64.4 Å². The van der Waals surface area contributed by atoms with E-state index < -0.39 is 18.0 Å². The van der Waals surface area contributed by atoms with Gasteiger partial charge in [-0.25, -0.2) is 4.98 Å². The van der Waals surface area contributed by atoms with Crippen molar-refractivity contribution in [2.24, 2.45) is 0 Å². The largest absolute Gasteiger partial charge is 0.573 e. The van der Waals surface area contributed by atoms with Gasteiger partial charge in [0, 0.05) is 5.56 Å². The summed E-state index contributed by atoms with van der Waals surface area (Å²) >= 11 is 0. The van der Waals surface area contributed by atoms with Gasteiger partial charge in [-0.05, 0) is 31.2 Å². The van der Waals surface area contributed by atoms with Gasteiger partial charge >= 0.3 is 6.36 Å². The van der Waals surface area contributed by atoms with Gasteiger partial charge in [-0.3, -0.25) is 4.79 Å². The Balaban J connectivity index is 1.73. The van der Waals surface area contributed by atoms with Crippen LogP contribution in [0.3, 0.4) is 0 Å². The summed E-state index contributed by atoms with van der Waals surface area (Å²) in [6.45, 7) is 1.67. The molecule has 1 aromatic heterocycles. The van der Waals surface area contributed by atoms with Crippen molar-refractivity contribution in [1.29, 1.82) is 0 Å². The third-order valence-corrected chi connectivity index (χ3v) is 3.63. The van der Waals surface area contributed by atoms with E-state index >= 15 is 0 Å². The molecule has 1 N–H and O–H groups in total. The minimum Gasteiger partial charge on any atom is -0.441 e. The van der Waals surface area contributed by atoms with Crippen molar-refractivity contribution in [3.63, 3.8) is 0 Å². The maximum Gasteiger partial charge on any atom is 0.573 e. The lowest BCUT2D eigenvalue weighted by Gasteiger charge is -2.13. The first-order valence-electron chi connectivity index (χ1n) is 7.98. The highest BCUT2D eigenvalue weighted by molar-refractivity contribution is 5.93. The number of alkyl halides is 3. The first kappa shape index (κ1) is 18.5. The average molecular weight is 376 g/mol. The number of para-hydroxylation sites is 2. The molecule has 0 fully saturated rings. The number of aromatic nitrogens is 1. The van der Waals surface area contributed by atoms with E-state index in [-0.39, 0.29) is 12.1 Å². The molecule has 0 atom stereocenters. The molecule has 0 aliphatic heterocycles. The van der Waals surface area contributed by atoms with Crippen LogP contribution >= 0.6 is 0 Å². The summed E-state index contributed by atoms with van der Waals surface area (Å²) in [5.74, 6) is -0.190. The summed E-state index contributed by atoms with van der Waals surface area (Å²) in [6, 6.07) is 14.5. The van der Waals surface area contributed by atoms with Gasteiger partial charge in [0.05, 0.1) is 17.8 Å². The van der Waals surface area contributed by atoms with Gasteiger partial charge in [0.2, 0.25) is 11.8 Å². The summed E-state index contributed by atoms with van der Waals surface area (Å²) in [4.78, 5) is 16.6. The lowest BCUT2D eigenvalue weighted by atomic mass is 10.2. The molecule has 5 nitrogen and oxygen atoms in total. The van der Waals surface area contributed by atoms with Crippen LogP contribution in [0.1, 0.15) is 11.5 Å². The van der Waals surface area contributed by atoms with Gasteiger partial charge in [-0.2, -0.15) is 0 Å². The van der Waals surface area contributed by atoms with Gasteiger partial charge in [0.25, 0.3) is 0 Å². The second-order valence-corrected chi connectivity index (χ2v) is 5.66. The molecule has 1 heterocycles. The molecule has 0 spiro atoms. The molecule has 0 aliphatic carbocycles. The molecular weight excluding hydrogens is 361 g/mol. The third-order valence-electron chi connectivity index (χ3n) is 3.63. The van der Waals surface area contributed by atoms with Gasteiger partial charge in [0.15, 0.2) is 5.75 Å². The highest BCUT2D eigenvalue weighted by atomic mass is 19.4. The molecule has 0 saturated heterocycles. The van der Waals surface area contributed by atoms with Gasteiger partial charge < -0.3 is 14.5 Å². The Kier molecular flexibility index (Phi) is 5.16. The van der Waals surface area contributed by atoms with E-state index in [1.165, 1.54) is 18.2 Å². The summed E-state index contributed by atoms with van der Waals surface area (Å²) < 4.78 is 46.9. The highest BCUT2D eigenvalue weighted by Gasteiger charge is 2.32. The van der Waals surface area contributed by atoms with Crippen LogP contribution in [0.15, 0.2) is 59.0 Å². The molecule has 0 saturated carbocycles. The van der Waals surface area contributed by atoms with Gasteiger partial charge in [-0.1, -0.05) is 30.3 Å². The number of anilines is 1. The fraction of sp³-hybridized carbons (Fsp3) is 0.158. The van der Waals surface area contributed by atoms with Crippen molar-refractivity contribution < 1.29 is 27.1 Å². The number of oxazole rings is 1. The average Bonchev–Trinajstić information content (AvgIpc) is 2.97. The van der Waals surface area contributed by atoms with Crippen molar-refractivity contribution >= 4 is 11.6 Å². The zero-order valence-electron chi connectivity index (χ0n) is 14.2. The van der Waals surface area contributed by atoms with Crippen LogP contribution in [0.25, 0.3) is 11.5 Å². The number of amides is 1. The smallest absolute Gasteiger partial charge is 0.441 e. The van der Waals surface area contributed by atoms with Gasteiger partial charge in [-0.15, -0.1) is 13.2 Å². The predicted octanol–water partition coefficient (Wildman–Crippen LogP) is 4.73. The zero-order valence-corrected chi connectivity index (χ0v) is 14.2. The number of halogens is 3. The number of hydrogen-bond donors (Lipinski definition) is 1. The Morgan fingerprint density at radius 2 is 1.78 bits per heavy atom. The third kappa shape index (κ3) is 4.87. The molecular formula is C19H15F3N2O3. The Morgan fingerprint density at radius 3 is 2.48 bits per heavy atom. The number of rotatable bonds is 5. The van der Waals surface area contributed by atoms with Crippen molar-refractivity contribution in [3.05, 3.63) is 66.1 Å². The summed E-state index contributed by atoms with van der Waals surface area (Å²) in [5.41, 5.74) is 1.08. The molecule has 1 amide bonds. The van der Waals surface area contributed by atoms with Crippen LogP contribution in [0.4, 0.5) is 18.9 Å². The van der Waals surface area contributed by atoms with Crippen LogP contribution in [0, 0.1) is 6.92 Å². The normalized spacial score (nSPS) is 11.3. The van der Waals surface area contributed by atoms with Crippen molar-refractivity contribution in [2.45, 2.75) is 19.7 Å². The Morgan fingerprint density at radius 1 is 1.11 bits per heavy atom. The number of hydrogen-bond acceptors (Lipinski definition) is 4. The van der Waals surface area contributed by atoms with Crippen molar-refractivity contribution in [1.82, 2.24) is 4.98 Å². The van der Waals surface area contributed by atoms with Crippen LogP contribution in [-0.2, 0) is 11.2 Å². The molecule has 0 radical (unpaired) electrons. The standard InChI is InChI=1S/C19H15F3N2O3/c1-12-15(24-18(26-12)13-7-3-2-4-8-13)11-17(25)23-14-9-5-6-10-16(14)27-19(20,21)22/h2-10H,11H2,1H3,(H,23,25). The van der Waals surface area contributed by atoms with Crippen LogP contribution in [0.2, 0.25) is 0 Å². The quantitative estimate of drug-likeness (QED) is 0.699. The van der Waals surface area contributed by atoms with Crippen LogP contribution in [-0.4, -0.2) is 17.3 Å². The van der Waals surface area contributed by atoms with Gasteiger partial charge in [0.1, 0.15) is 5.76 Å². The minimum atomic E-state index is -4.85.